The zero-order valence-electron chi connectivity index (χ0n) is 14.9. The summed E-state index contributed by atoms with van der Waals surface area (Å²) in [7, 11) is 0. The standard InChI is InChI=1S/C18H28N4OS.HI/c1-15-3-2-4-16(13-15)17(21-5-9-23-10-6-21)14-20-18(19)22-7-11-24-12-8-22;/h2-4,13,17H,5-12,14H2,1H3,(H2,19,20);1H. The lowest BCUT2D eigenvalue weighted by molar-refractivity contribution is 0.0179. The minimum Gasteiger partial charge on any atom is -0.379 e. The van der Waals surface area contributed by atoms with Gasteiger partial charge in [0.2, 0.25) is 0 Å². The number of rotatable bonds is 4. The molecule has 2 heterocycles. The van der Waals surface area contributed by atoms with Crippen molar-refractivity contribution in [2.75, 3.05) is 57.4 Å². The molecule has 1 atom stereocenters. The van der Waals surface area contributed by atoms with Crippen LogP contribution in [0.25, 0.3) is 0 Å². The average molecular weight is 476 g/mol. The van der Waals surface area contributed by atoms with Crippen molar-refractivity contribution in [3.8, 4) is 0 Å². The zero-order chi connectivity index (χ0) is 16.8. The largest absolute Gasteiger partial charge is 0.379 e. The van der Waals surface area contributed by atoms with E-state index in [1.807, 2.05) is 11.8 Å². The monoisotopic (exact) mass is 476 g/mol. The normalized spacial score (nSPS) is 20.8. The summed E-state index contributed by atoms with van der Waals surface area (Å²) in [6, 6.07) is 9.02. The van der Waals surface area contributed by atoms with Crippen molar-refractivity contribution in [1.82, 2.24) is 9.80 Å². The molecular weight excluding hydrogens is 447 g/mol. The minimum atomic E-state index is 0. The van der Waals surface area contributed by atoms with E-state index in [1.165, 1.54) is 11.1 Å². The van der Waals surface area contributed by atoms with Crippen LogP contribution in [0.5, 0.6) is 0 Å². The molecule has 25 heavy (non-hydrogen) atoms. The molecule has 0 aliphatic carbocycles. The Bertz CT molecular complexity index is 560. The van der Waals surface area contributed by atoms with Gasteiger partial charge in [-0.15, -0.1) is 24.0 Å². The average Bonchev–Trinajstić information content (AvgIpc) is 2.63. The molecule has 2 saturated heterocycles. The number of hydrogen-bond acceptors (Lipinski definition) is 4. The summed E-state index contributed by atoms with van der Waals surface area (Å²) < 4.78 is 5.52. The number of morpholine rings is 1. The molecule has 2 aliphatic heterocycles. The van der Waals surface area contributed by atoms with Crippen molar-refractivity contribution in [2.45, 2.75) is 13.0 Å². The number of aliphatic imine (C=N–C) groups is 1. The highest BCUT2D eigenvalue weighted by molar-refractivity contribution is 14.0. The Balaban J connectivity index is 0.00000225. The maximum Gasteiger partial charge on any atom is 0.191 e. The first kappa shape index (κ1) is 20.8. The van der Waals surface area contributed by atoms with Crippen LogP contribution in [0.3, 0.4) is 0 Å². The molecule has 0 radical (unpaired) electrons. The number of nitrogens with two attached hydrogens (primary N) is 1. The van der Waals surface area contributed by atoms with Crippen LogP contribution in [0.4, 0.5) is 0 Å². The van der Waals surface area contributed by atoms with Crippen LogP contribution in [0.15, 0.2) is 29.3 Å². The van der Waals surface area contributed by atoms with Crippen molar-refractivity contribution in [2.24, 2.45) is 10.7 Å². The van der Waals surface area contributed by atoms with Gasteiger partial charge < -0.3 is 15.4 Å². The highest BCUT2D eigenvalue weighted by atomic mass is 127. The fourth-order valence-corrected chi connectivity index (χ4v) is 4.17. The minimum absolute atomic E-state index is 0. The van der Waals surface area contributed by atoms with E-state index >= 15 is 0 Å². The van der Waals surface area contributed by atoms with Crippen LogP contribution < -0.4 is 5.73 Å². The van der Waals surface area contributed by atoms with E-state index in [0.29, 0.717) is 12.5 Å². The summed E-state index contributed by atoms with van der Waals surface area (Å²) in [5, 5.41) is 0. The van der Waals surface area contributed by atoms with Crippen molar-refractivity contribution >= 4 is 41.7 Å². The first-order valence-electron chi connectivity index (χ1n) is 8.75. The molecule has 1 aromatic rings. The first-order chi connectivity index (χ1) is 11.7. The Labute approximate surface area is 172 Å². The van der Waals surface area contributed by atoms with Gasteiger partial charge in [-0.05, 0) is 12.5 Å². The number of aryl methyl sites for hydroxylation is 1. The van der Waals surface area contributed by atoms with Gasteiger partial charge in [0.1, 0.15) is 0 Å². The van der Waals surface area contributed by atoms with Crippen molar-refractivity contribution in [1.29, 1.82) is 0 Å². The summed E-state index contributed by atoms with van der Waals surface area (Å²) in [6.45, 7) is 8.36. The second-order valence-corrected chi connectivity index (χ2v) is 7.60. The second kappa shape index (κ2) is 10.6. The molecular formula is C18H29IN4OS. The number of guanidine groups is 1. The molecule has 0 aromatic heterocycles. The maximum absolute atomic E-state index is 6.26. The summed E-state index contributed by atoms with van der Waals surface area (Å²) in [5.41, 5.74) is 8.87. The highest BCUT2D eigenvalue weighted by Crippen LogP contribution is 2.23. The molecule has 5 nitrogen and oxygen atoms in total. The van der Waals surface area contributed by atoms with Gasteiger partial charge in [-0.3, -0.25) is 9.89 Å². The van der Waals surface area contributed by atoms with Gasteiger partial charge in [-0.25, -0.2) is 0 Å². The number of benzene rings is 1. The van der Waals surface area contributed by atoms with Crippen LogP contribution in [0.2, 0.25) is 0 Å². The van der Waals surface area contributed by atoms with Crippen molar-refractivity contribution in [3.63, 3.8) is 0 Å². The smallest absolute Gasteiger partial charge is 0.191 e. The summed E-state index contributed by atoms with van der Waals surface area (Å²) in [5.74, 6) is 2.98. The quantitative estimate of drug-likeness (QED) is 0.411. The Morgan fingerprint density at radius 1 is 1.24 bits per heavy atom. The zero-order valence-corrected chi connectivity index (χ0v) is 18.0. The SMILES string of the molecule is Cc1cccc(C(CN=C(N)N2CCSCC2)N2CCOCC2)c1.I. The molecule has 1 aromatic carbocycles. The molecule has 2 N–H and O–H groups in total. The number of halogens is 1. The number of ether oxygens (including phenoxy) is 1. The molecule has 140 valence electrons. The fraction of sp³-hybridized carbons (Fsp3) is 0.611. The van der Waals surface area contributed by atoms with E-state index in [-0.39, 0.29) is 30.0 Å². The maximum atomic E-state index is 6.26. The lowest BCUT2D eigenvalue weighted by Crippen LogP contribution is -2.44. The van der Waals surface area contributed by atoms with Gasteiger partial charge in [0.15, 0.2) is 5.96 Å². The lowest BCUT2D eigenvalue weighted by atomic mass is 10.0. The number of thioether (sulfide) groups is 1. The van der Waals surface area contributed by atoms with E-state index < -0.39 is 0 Å². The van der Waals surface area contributed by atoms with Gasteiger partial charge in [-0.2, -0.15) is 11.8 Å². The molecule has 7 heteroatoms. The molecule has 0 bridgehead atoms. The van der Waals surface area contributed by atoms with Crippen LogP contribution >= 0.6 is 35.7 Å². The molecule has 1 unspecified atom stereocenters. The third-order valence-electron chi connectivity index (χ3n) is 4.67. The summed E-state index contributed by atoms with van der Waals surface area (Å²) in [4.78, 5) is 9.44. The Morgan fingerprint density at radius 3 is 2.64 bits per heavy atom. The van der Waals surface area contributed by atoms with E-state index in [9.17, 15) is 0 Å². The molecule has 0 spiro atoms. The van der Waals surface area contributed by atoms with Gasteiger partial charge in [0, 0.05) is 37.7 Å². The van der Waals surface area contributed by atoms with Crippen LogP contribution in [0, 0.1) is 6.92 Å². The number of hydrogen-bond donors (Lipinski definition) is 1. The highest BCUT2D eigenvalue weighted by Gasteiger charge is 2.23. The Kier molecular flexibility index (Phi) is 8.81. The predicted octanol–water partition coefficient (Wildman–Crippen LogP) is 2.35. The Morgan fingerprint density at radius 2 is 1.96 bits per heavy atom. The topological polar surface area (TPSA) is 54.1 Å². The predicted molar refractivity (Wildman–Crippen MR) is 117 cm³/mol. The fourth-order valence-electron chi connectivity index (χ4n) is 3.27. The summed E-state index contributed by atoms with van der Waals surface area (Å²) in [6.07, 6.45) is 0. The second-order valence-electron chi connectivity index (χ2n) is 6.38. The van der Waals surface area contributed by atoms with E-state index in [4.69, 9.17) is 15.5 Å². The van der Waals surface area contributed by atoms with Gasteiger partial charge in [-0.1, -0.05) is 29.8 Å². The molecule has 0 saturated carbocycles. The van der Waals surface area contributed by atoms with Crippen LogP contribution in [-0.2, 0) is 4.74 Å². The number of nitrogens with zero attached hydrogens (tertiary/aromatic N) is 3. The molecule has 2 aliphatic rings. The van der Waals surface area contributed by atoms with Gasteiger partial charge in [0.25, 0.3) is 0 Å². The van der Waals surface area contributed by atoms with E-state index in [2.05, 4.69) is 41.0 Å². The van der Waals surface area contributed by atoms with Crippen molar-refractivity contribution in [3.05, 3.63) is 35.4 Å². The lowest BCUT2D eigenvalue weighted by Gasteiger charge is -2.34. The molecule has 2 fully saturated rings. The van der Waals surface area contributed by atoms with E-state index in [0.717, 1.165) is 50.9 Å². The van der Waals surface area contributed by atoms with Gasteiger partial charge >= 0.3 is 0 Å². The van der Waals surface area contributed by atoms with Crippen LogP contribution in [0.1, 0.15) is 17.2 Å². The molecule has 0 amide bonds. The van der Waals surface area contributed by atoms with E-state index in [1.54, 1.807) is 0 Å². The Hall–Kier alpha value is -0.510. The molecule has 3 rings (SSSR count). The third-order valence-corrected chi connectivity index (χ3v) is 5.62. The van der Waals surface area contributed by atoms with Gasteiger partial charge in [0.05, 0.1) is 25.8 Å². The third kappa shape index (κ3) is 6.01. The van der Waals surface area contributed by atoms with Crippen LogP contribution in [-0.4, -0.2) is 73.2 Å². The first-order valence-corrected chi connectivity index (χ1v) is 9.90. The van der Waals surface area contributed by atoms with Crippen molar-refractivity contribution < 1.29 is 4.74 Å². The summed E-state index contributed by atoms with van der Waals surface area (Å²) >= 11 is 1.99.